The Morgan fingerprint density at radius 1 is 1.00 bits per heavy atom. The Hall–Kier alpha value is -0.790. The van der Waals surface area contributed by atoms with Crippen LogP contribution in [0.4, 0.5) is 0 Å². The van der Waals surface area contributed by atoms with Crippen LogP contribution in [0.25, 0.3) is 0 Å². The number of allylic oxidation sites excluding steroid dienone is 2. The Morgan fingerprint density at radius 2 is 1.43 bits per heavy atom. The van der Waals surface area contributed by atoms with Gasteiger partial charge in [0.15, 0.2) is 5.78 Å². The van der Waals surface area contributed by atoms with Gasteiger partial charge in [-0.15, -0.1) is 0 Å². The van der Waals surface area contributed by atoms with E-state index in [1.807, 2.05) is 0 Å². The zero-order valence-corrected chi connectivity index (χ0v) is 14.9. The van der Waals surface area contributed by atoms with E-state index in [0.717, 1.165) is 44.9 Å². The molecule has 0 aromatic heterocycles. The number of aliphatic hydroxyl groups is 1. The standard InChI is InChI=1S/C19H34O2/c1-7-19(8-2,9-3)16(21)14-15(20)18(6)12-10-17(4,5)11-13-18/h14,20H,7-13H2,1-6H3/b15-14-. The Balaban J connectivity index is 2.91. The third-order valence-corrected chi connectivity index (χ3v) is 6.15. The molecule has 0 atom stereocenters. The second-order valence-corrected chi connectivity index (χ2v) is 7.96. The molecule has 122 valence electrons. The SMILES string of the molecule is CCC(CC)(CC)C(=O)/C=C(\O)C1(C)CCC(C)(C)CC1. The molecule has 0 radical (unpaired) electrons. The van der Waals surface area contributed by atoms with Crippen LogP contribution in [0.5, 0.6) is 0 Å². The maximum absolute atomic E-state index is 12.6. The van der Waals surface area contributed by atoms with Crippen LogP contribution in [-0.2, 0) is 4.79 Å². The highest BCUT2D eigenvalue weighted by atomic mass is 16.3. The monoisotopic (exact) mass is 294 g/mol. The summed E-state index contributed by atoms with van der Waals surface area (Å²) in [4.78, 5) is 12.6. The number of ketones is 1. The fourth-order valence-electron chi connectivity index (χ4n) is 3.46. The van der Waals surface area contributed by atoms with Crippen molar-refractivity contribution in [2.45, 2.75) is 86.5 Å². The van der Waals surface area contributed by atoms with Gasteiger partial charge in [0, 0.05) is 16.9 Å². The van der Waals surface area contributed by atoms with Crippen molar-refractivity contribution in [2.75, 3.05) is 0 Å². The van der Waals surface area contributed by atoms with E-state index in [4.69, 9.17) is 0 Å². The molecule has 0 bridgehead atoms. The van der Waals surface area contributed by atoms with Crippen molar-refractivity contribution >= 4 is 5.78 Å². The minimum absolute atomic E-state index is 0.110. The van der Waals surface area contributed by atoms with E-state index < -0.39 is 0 Å². The second-order valence-electron chi connectivity index (χ2n) is 7.96. The summed E-state index contributed by atoms with van der Waals surface area (Å²) < 4.78 is 0. The number of carbonyl (C=O) groups excluding carboxylic acids is 1. The van der Waals surface area contributed by atoms with Crippen molar-refractivity contribution in [3.8, 4) is 0 Å². The average molecular weight is 294 g/mol. The van der Waals surface area contributed by atoms with Gasteiger partial charge in [0.1, 0.15) is 5.76 Å². The highest BCUT2D eigenvalue weighted by Gasteiger charge is 2.39. The van der Waals surface area contributed by atoms with Gasteiger partial charge in [0.2, 0.25) is 0 Å². The Labute approximate surface area is 131 Å². The van der Waals surface area contributed by atoms with Crippen LogP contribution in [0.3, 0.4) is 0 Å². The largest absolute Gasteiger partial charge is 0.512 e. The van der Waals surface area contributed by atoms with E-state index in [1.54, 1.807) is 6.08 Å². The van der Waals surface area contributed by atoms with Crippen molar-refractivity contribution in [1.82, 2.24) is 0 Å². The zero-order chi connectivity index (χ0) is 16.3. The van der Waals surface area contributed by atoms with Crippen LogP contribution < -0.4 is 0 Å². The third-order valence-electron chi connectivity index (χ3n) is 6.15. The molecule has 1 rings (SSSR count). The Kier molecular flexibility index (Phi) is 5.69. The molecule has 2 heteroatoms. The Morgan fingerprint density at radius 3 is 1.81 bits per heavy atom. The maximum atomic E-state index is 12.6. The lowest BCUT2D eigenvalue weighted by Crippen LogP contribution is -2.32. The molecule has 0 aromatic carbocycles. The minimum atomic E-state index is -0.293. The summed E-state index contributed by atoms with van der Waals surface area (Å²) in [5.74, 6) is 0.418. The van der Waals surface area contributed by atoms with E-state index in [9.17, 15) is 9.90 Å². The zero-order valence-electron chi connectivity index (χ0n) is 14.9. The van der Waals surface area contributed by atoms with Crippen molar-refractivity contribution in [2.24, 2.45) is 16.2 Å². The smallest absolute Gasteiger partial charge is 0.165 e. The maximum Gasteiger partial charge on any atom is 0.165 e. The molecule has 0 heterocycles. The molecule has 1 saturated carbocycles. The van der Waals surface area contributed by atoms with Gasteiger partial charge in [0.25, 0.3) is 0 Å². The van der Waals surface area contributed by atoms with E-state index in [0.29, 0.717) is 11.2 Å². The predicted molar refractivity (Wildman–Crippen MR) is 89.4 cm³/mol. The summed E-state index contributed by atoms with van der Waals surface area (Å²) in [6, 6.07) is 0. The van der Waals surface area contributed by atoms with Gasteiger partial charge in [-0.25, -0.2) is 0 Å². The highest BCUT2D eigenvalue weighted by molar-refractivity contribution is 5.95. The van der Waals surface area contributed by atoms with E-state index in [1.165, 1.54) is 0 Å². The van der Waals surface area contributed by atoms with Crippen LogP contribution in [-0.4, -0.2) is 10.9 Å². The molecule has 1 N–H and O–H groups in total. The number of rotatable bonds is 6. The van der Waals surface area contributed by atoms with Gasteiger partial charge < -0.3 is 5.11 Å². The normalized spacial score (nSPS) is 22.1. The molecule has 0 amide bonds. The van der Waals surface area contributed by atoms with Gasteiger partial charge in [0.05, 0.1) is 0 Å². The molecule has 0 saturated heterocycles. The molecule has 1 fully saturated rings. The first-order valence-electron chi connectivity index (χ1n) is 8.60. The van der Waals surface area contributed by atoms with Crippen LogP contribution in [0, 0.1) is 16.2 Å². The first kappa shape index (κ1) is 18.3. The molecular weight excluding hydrogens is 260 g/mol. The lowest BCUT2D eigenvalue weighted by Gasteiger charge is -2.41. The van der Waals surface area contributed by atoms with Crippen LogP contribution >= 0.6 is 0 Å². The molecule has 0 unspecified atom stereocenters. The lowest BCUT2D eigenvalue weighted by atomic mass is 9.64. The van der Waals surface area contributed by atoms with Gasteiger partial charge in [-0.3, -0.25) is 4.79 Å². The first-order valence-corrected chi connectivity index (χ1v) is 8.60. The second kappa shape index (κ2) is 6.54. The van der Waals surface area contributed by atoms with Gasteiger partial charge in [-0.2, -0.15) is 0 Å². The van der Waals surface area contributed by atoms with E-state index in [-0.39, 0.29) is 16.6 Å². The topological polar surface area (TPSA) is 37.3 Å². The number of aliphatic hydroxyl groups excluding tert-OH is 1. The number of hydrogen-bond donors (Lipinski definition) is 1. The predicted octanol–water partition coefficient (Wildman–Crippen LogP) is 5.82. The minimum Gasteiger partial charge on any atom is -0.512 e. The van der Waals surface area contributed by atoms with Gasteiger partial charge >= 0.3 is 0 Å². The summed E-state index contributed by atoms with van der Waals surface area (Å²) in [6.07, 6.45) is 8.21. The molecule has 2 nitrogen and oxygen atoms in total. The number of hydrogen-bond acceptors (Lipinski definition) is 2. The lowest BCUT2D eigenvalue weighted by molar-refractivity contribution is -0.124. The quantitative estimate of drug-likeness (QED) is 0.495. The van der Waals surface area contributed by atoms with E-state index in [2.05, 4.69) is 41.5 Å². The highest BCUT2D eigenvalue weighted by Crippen LogP contribution is 2.48. The third kappa shape index (κ3) is 3.90. The first-order chi connectivity index (χ1) is 9.64. The summed E-state index contributed by atoms with van der Waals surface area (Å²) >= 11 is 0. The van der Waals surface area contributed by atoms with Crippen molar-refractivity contribution in [1.29, 1.82) is 0 Å². The van der Waals surface area contributed by atoms with Crippen molar-refractivity contribution in [3.05, 3.63) is 11.8 Å². The fourth-order valence-corrected chi connectivity index (χ4v) is 3.46. The van der Waals surface area contributed by atoms with Crippen molar-refractivity contribution < 1.29 is 9.90 Å². The van der Waals surface area contributed by atoms with Gasteiger partial charge in [-0.05, 0) is 50.4 Å². The van der Waals surface area contributed by atoms with Crippen molar-refractivity contribution in [3.63, 3.8) is 0 Å². The molecule has 0 aromatic rings. The fraction of sp³-hybridized carbons (Fsp3) is 0.842. The number of carbonyl (C=O) groups is 1. The summed E-state index contributed by atoms with van der Waals surface area (Å²) in [5, 5.41) is 10.6. The average Bonchev–Trinajstić information content (AvgIpc) is 2.45. The van der Waals surface area contributed by atoms with Crippen LogP contribution in [0.2, 0.25) is 0 Å². The molecule has 21 heavy (non-hydrogen) atoms. The van der Waals surface area contributed by atoms with E-state index >= 15 is 0 Å². The van der Waals surface area contributed by atoms with Gasteiger partial charge in [-0.1, -0.05) is 41.5 Å². The summed E-state index contributed by atoms with van der Waals surface area (Å²) in [5.41, 5.74) is -0.145. The molecule has 0 spiro atoms. The molecule has 1 aliphatic carbocycles. The molecular formula is C19H34O2. The van der Waals surface area contributed by atoms with Crippen LogP contribution in [0.15, 0.2) is 11.8 Å². The Bertz CT molecular complexity index is 382. The summed E-state index contributed by atoms with van der Waals surface area (Å²) in [7, 11) is 0. The summed E-state index contributed by atoms with van der Waals surface area (Å²) in [6.45, 7) is 12.9. The molecule has 1 aliphatic rings. The van der Waals surface area contributed by atoms with Crippen LogP contribution in [0.1, 0.15) is 86.5 Å². The molecule has 0 aliphatic heterocycles.